The molecule has 2 rings (SSSR count). The van der Waals surface area contributed by atoms with Crippen LogP contribution in [0, 0.1) is 5.92 Å². The highest BCUT2D eigenvalue weighted by Crippen LogP contribution is 2.23. The van der Waals surface area contributed by atoms with Crippen molar-refractivity contribution in [1.82, 2.24) is 5.32 Å². The average molecular weight is 359 g/mol. The zero-order valence-corrected chi connectivity index (χ0v) is 16.2. The number of anilines is 1. The SMILES string of the molecule is CC(C)C(NC(=O)c1cccs1)C(=O)Nc1ccc(C(C)(C)C)cc1. The standard InChI is InChI=1S/C20H26N2O2S/c1-13(2)17(22-18(23)16-7-6-12-25-16)19(24)21-15-10-8-14(9-11-15)20(3,4)5/h6-13,17H,1-5H3,(H,21,24)(H,22,23). The lowest BCUT2D eigenvalue weighted by Crippen LogP contribution is -2.46. The molecule has 0 fully saturated rings. The van der Waals surface area contributed by atoms with Gasteiger partial charge in [0.2, 0.25) is 5.91 Å². The number of nitrogens with one attached hydrogen (secondary N) is 2. The topological polar surface area (TPSA) is 58.2 Å². The van der Waals surface area contributed by atoms with Crippen LogP contribution in [0.2, 0.25) is 0 Å². The van der Waals surface area contributed by atoms with Gasteiger partial charge in [0.15, 0.2) is 0 Å². The lowest BCUT2D eigenvalue weighted by atomic mass is 9.87. The second kappa shape index (κ2) is 7.83. The minimum atomic E-state index is -0.586. The maximum Gasteiger partial charge on any atom is 0.262 e. The Labute approximate surface area is 153 Å². The van der Waals surface area contributed by atoms with Gasteiger partial charge in [-0.3, -0.25) is 9.59 Å². The Morgan fingerprint density at radius 3 is 2.16 bits per heavy atom. The summed E-state index contributed by atoms with van der Waals surface area (Å²) >= 11 is 1.36. The number of carbonyl (C=O) groups is 2. The summed E-state index contributed by atoms with van der Waals surface area (Å²) in [6, 6.07) is 10.8. The molecule has 0 radical (unpaired) electrons. The number of amides is 2. The van der Waals surface area contributed by atoms with E-state index in [1.54, 1.807) is 6.07 Å². The van der Waals surface area contributed by atoms with Crippen LogP contribution >= 0.6 is 11.3 Å². The number of hydrogen-bond donors (Lipinski definition) is 2. The van der Waals surface area contributed by atoms with E-state index in [0.717, 1.165) is 5.69 Å². The molecule has 1 heterocycles. The van der Waals surface area contributed by atoms with Crippen molar-refractivity contribution >= 4 is 28.8 Å². The van der Waals surface area contributed by atoms with Crippen LogP contribution in [-0.4, -0.2) is 17.9 Å². The zero-order valence-electron chi connectivity index (χ0n) is 15.4. The van der Waals surface area contributed by atoms with Crippen LogP contribution < -0.4 is 10.6 Å². The van der Waals surface area contributed by atoms with Crippen LogP contribution in [0.3, 0.4) is 0 Å². The predicted octanol–water partition coefficient (Wildman–Crippen LogP) is 4.44. The van der Waals surface area contributed by atoms with E-state index in [9.17, 15) is 9.59 Å². The van der Waals surface area contributed by atoms with Crippen LogP contribution in [0.5, 0.6) is 0 Å². The number of carbonyl (C=O) groups excluding carboxylic acids is 2. The largest absolute Gasteiger partial charge is 0.339 e. The molecule has 0 spiro atoms. The molecule has 1 aromatic carbocycles. The number of thiophene rings is 1. The van der Waals surface area contributed by atoms with Gasteiger partial charge in [0.1, 0.15) is 6.04 Å². The first kappa shape index (κ1) is 19.2. The Bertz CT molecular complexity index is 713. The minimum absolute atomic E-state index is 0.0160. The van der Waals surface area contributed by atoms with Crippen LogP contribution in [0.4, 0.5) is 5.69 Å². The van der Waals surface area contributed by atoms with E-state index in [2.05, 4.69) is 31.4 Å². The predicted molar refractivity (Wildman–Crippen MR) is 104 cm³/mol. The average Bonchev–Trinajstić information content (AvgIpc) is 3.06. The first-order chi connectivity index (χ1) is 11.7. The van der Waals surface area contributed by atoms with Crippen molar-refractivity contribution in [1.29, 1.82) is 0 Å². The molecule has 1 aromatic heterocycles. The lowest BCUT2D eigenvalue weighted by Gasteiger charge is -2.22. The molecule has 0 aliphatic heterocycles. The molecule has 134 valence electrons. The van der Waals surface area contributed by atoms with Crippen molar-refractivity contribution in [2.75, 3.05) is 5.32 Å². The van der Waals surface area contributed by atoms with E-state index >= 15 is 0 Å². The highest BCUT2D eigenvalue weighted by molar-refractivity contribution is 7.12. The second-order valence-electron chi connectivity index (χ2n) is 7.49. The zero-order chi connectivity index (χ0) is 18.6. The lowest BCUT2D eigenvalue weighted by molar-refractivity contribution is -0.118. The quantitative estimate of drug-likeness (QED) is 0.830. The molecule has 0 saturated heterocycles. The van der Waals surface area contributed by atoms with Crippen LogP contribution in [0.1, 0.15) is 49.9 Å². The summed E-state index contributed by atoms with van der Waals surface area (Å²) in [6.45, 7) is 10.3. The molecule has 0 bridgehead atoms. The van der Waals surface area contributed by atoms with Gasteiger partial charge in [-0.1, -0.05) is 52.8 Å². The van der Waals surface area contributed by atoms with Crippen molar-refractivity contribution in [3.05, 3.63) is 52.2 Å². The molecule has 1 atom stereocenters. The highest BCUT2D eigenvalue weighted by atomic mass is 32.1. The number of rotatable bonds is 5. The third-order valence-electron chi connectivity index (χ3n) is 4.00. The molecule has 5 heteroatoms. The summed E-state index contributed by atoms with van der Waals surface area (Å²) in [4.78, 5) is 25.5. The van der Waals surface area contributed by atoms with E-state index < -0.39 is 6.04 Å². The Balaban J connectivity index is 2.06. The summed E-state index contributed by atoms with van der Waals surface area (Å²) < 4.78 is 0. The van der Waals surface area contributed by atoms with Gasteiger partial charge in [0, 0.05) is 5.69 Å². The van der Waals surface area contributed by atoms with E-state index in [4.69, 9.17) is 0 Å². The molecule has 4 nitrogen and oxygen atoms in total. The molecule has 2 amide bonds. The summed E-state index contributed by atoms with van der Waals surface area (Å²) in [7, 11) is 0. The van der Waals surface area contributed by atoms with Crippen molar-refractivity contribution in [3.63, 3.8) is 0 Å². The Kier molecular flexibility index (Phi) is 6.01. The van der Waals surface area contributed by atoms with Gasteiger partial charge >= 0.3 is 0 Å². The molecular formula is C20H26N2O2S. The third-order valence-corrected chi connectivity index (χ3v) is 4.87. The monoisotopic (exact) mass is 358 g/mol. The van der Waals surface area contributed by atoms with E-state index in [1.165, 1.54) is 16.9 Å². The summed E-state index contributed by atoms with van der Waals surface area (Å²) in [5.74, 6) is -0.437. The van der Waals surface area contributed by atoms with Gasteiger partial charge < -0.3 is 10.6 Å². The fourth-order valence-electron chi connectivity index (χ4n) is 2.43. The maximum absolute atomic E-state index is 12.6. The Hall–Kier alpha value is -2.14. The normalized spacial score (nSPS) is 12.7. The summed E-state index contributed by atoms with van der Waals surface area (Å²) in [5.41, 5.74) is 2.00. The van der Waals surface area contributed by atoms with Crippen molar-refractivity contribution in [3.8, 4) is 0 Å². The van der Waals surface area contributed by atoms with Gasteiger partial charge in [-0.25, -0.2) is 0 Å². The van der Waals surface area contributed by atoms with Gasteiger partial charge in [0.25, 0.3) is 5.91 Å². The number of hydrogen-bond acceptors (Lipinski definition) is 3. The minimum Gasteiger partial charge on any atom is -0.339 e. The molecule has 0 saturated carbocycles. The van der Waals surface area contributed by atoms with Crippen LogP contribution in [-0.2, 0) is 10.2 Å². The molecule has 1 unspecified atom stereocenters. The molecule has 0 aliphatic rings. The van der Waals surface area contributed by atoms with Crippen molar-refractivity contribution in [2.24, 2.45) is 5.92 Å². The molecule has 2 aromatic rings. The first-order valence-electron chi connectivity index (χ1n) is 8.44. The maximum atomic E-state index is 12.6. The van der Waals surface area contributed by atoms with E-state index in [1.807, 2.05) is 49.6 Å². The number of benzene rings is 1. The van der Waals surface area contributed by atoms with Crippen LogP contribution in [0.15, 0.2) is 41.8 Å². The molecule has 0 aliphatic carbocycles. The van der Waals surface area contributed by atoms with Gasteiger partial charge in [-0.2, -0.15) is 0 Å². The van der Waals surface area contributed by atoms with E-state index in [0.29, 0.717) is 4.88 Å². The Morgan fingerprint density at radius 1 is 1.04 bits per heavy atom. The fourth-order valence-corrected chi connectivity index (χ4v) is 3.06. The molecule has 2 N–H and O–H groups in total. The smallest absolute Gasteiger partial charge is 0.262 e. The van der Waals surface area contributed by atoms with Gasteiger partial charge in [-0.05, 0) is 40.5 Å². The third kappa shape index (κ3) is 5.16. The summed E-state index contributed by atoms with van der Waals surface area (Å²) in [6.07, 6.45) is 0. The van der Waals surface area contributed by atoms with Gasteiger partial charge in [0.05, 0.1) is 4.88 Å². The molecule has 25 heavy (non-hydrogen) atoms. The highest BCUT2D eigenvalue weighted by Gasteiger charge is 2.25. The van der Waals surface area contributed by atoms with Crippen molar-refractivity contribution in [2.45, 2.75) is 46.1 Å². The van der Waals surface area contributed by atoms with Gasteiger partial charge in [-0.15, -0.1) is 11.3 Å². The Morgan fingerprint density at radius 2 is 1.68 bits per heavy atom. The second-order valence-corrected chi connectivity index (χ2v) is 8.44. The van der Waals surface area contributed by atoms with E-state index in [-0.39, 0.29) is 23.1 Å². The first-order valence-corrected chi connectivity index (χ1v) is 9.32. The summed E-state index contributed by atoms with van der Waals surface area (Å²) in [5, 5.41) is 7.58. The fraction of sp³-hybridized carbons (Fsp3) is 0.400. The molecular weight excluding hydrogens is 332 g/mol. The van der Waals surface area contributed by atoms with Crippen LogP contribution in [0.25, 0.3) is 0 Å². The van der Waals surface area contributed by atoms with Crippen molar-refractivity contribution < 1.29 is 9.59 Å².